The van der Waals surface area contributed by atoms with E-state index in [0.717, 1.165) is 18.4 Å². The van der Waals surface area contributed by atoms with Crippen LogP contribution in [0.2, 0.25) is 0 Å². The van der Waals surface area contributed by atoms with Gasteiger partial charge >= 0.3 is 0 Å². The molecule has 1 heterocycles. The summed E-state index contributed by atoms with van der Waals surface area (Å²) in [5.74, 6) is 1.73. The minimum atomic E-state index is 0.401. The van der Waals surface area contributed by atoms with E-state index in [1.54, 1.807) is 0 Å². The highest BCUT2D eigenvalue weighted by Gasteiger charge is 2.25. The molecule has 114 valence electrons. The fourth-order valence-corrected chi connectivity index (χ4v) is 3.22. The molecule has 0 unspecified atom stereocenters. The van der Waals surface area contributed by atoms with Gasteiger partial charge in [-0.2, -0.15) is 5.10 Å². The van der Waals surface area contributed by atoms with E-state index in [4.69, 9.17) is 0 Å². The summed E-state index contributed by atoms with van der Waals surface area (Å²) in [6, 6.07) is 1.08. The van der Waals surface area contributed by atoms with Gasteiger partial charge in [0.1, 0.15) is 0 Å². The van der Waals surface area contributed by atoms with Crippen LogP contribution in [0.15, 0.2) is 12.4 Å². The fourth-order valence-electron chi connectivity index (χ4n) is 3.22. The topological polar surface area (TPSA) is 33.1 Å². The molecule has 1 fully saturated rings. The molecule has 1 aliphatic rings. The van der Waals surface area contributed by atoms with Crippen LogP contribution in [0.5, 0.6) is 0 Å². The van der Waals surface area contributed by atoms with Crippen LogP contribution in [-0.4, -0.2) is 41.4 Å². The van der Waals surface area contributed by atoms with Crippen molar-refractivity contribution in [3.63, 3.8) is 0 Å². The quantitative estimate of drug-likeness (QED) is 0.898. The first kappa shape index (κ1) is 15.5. The van der Waals surface area contributed by atoms with Crippen molar-refractivity contribution in [1.29, 1.82) is 0 Å². The largest absolute Gasteiger partial charge is 0.312 e. The van der Waals surface area contributed by atoms with Crippen molar-refractivity contribution in [2.75, 3.05) is 20.6 Å². The lowest BCUT2D eigenvalue weighted by atomic mass is 9.79. The third-order valence-electron chi connectivity index (χ3n) is 4.93. The molecule has 1 N–H and O–H groups in total. The molecule has 0 bridgehead atoms. The minimum absolute atomic E-state index is 0.401. The van der Waals surface area contributed by atoms with Crippen LogP contribution in [0.4, 0.5) is 0 Å². The van der Waals surface area contributed by atoms with E-state index in [2.05, 4.69) is 49.5 Å². The van der Waals surface area contributed by atoms with Gasteiger partial charge in [-0.15, -0.1) is 0 Å². The molecule has 0 amide bonds. The third-order valence-corrected chi connectivity index (χ3v) is 4.93. The molecule has 4 nitrogen and oxygen atoms in total. The van der Waals surface area contributed by atoms with Gasteiger partial charge in [0, 0.05) is 37.4 Å². The summed E-state index contributed by atoms with van der Waals surface area (Å²) >= 11 is 0. The Morgan fingerprint density at radius 1 is 1.35 bits per heavy atom. The van der Waals surface area contributed by atoms with Crippen molar-refractivity contribution in [2.45, 2.75) is 45.2 Å². The molecule has 0 aliphatic heterocycles. The van der Waals surface area contributed by atoms with E-state index in [-0.39, 0.29) is 0 Å². The summed E-state index contributed by atoms with van der Waals surface area (Å²) in [7, 11) is 6.27. The van der Waals surface area contributed by atoms with E-state index in [1.165, 1.54) is 24.8 Å². The number of rotatable bonds is 5. The van der Waals surface area contributed by atoms with Crippen molar-refractivity contribution in [3.8, 4) is 0 Å². The number of aromatic nitrogens is 2. The Bertz CT molecular complexity index is 412. The minimum Gasteiger partial charge on any atom is -0.312 e. The molecule has 1 aliphatic carbocycles. The number of hydrogen-bond acceptors (Lipinski definition) is 3. The smallest absolute Gasteiger partial charge is 0.0538 e. The maximum absolute atomic E-state index is 4.30. The lowest BCUT2D eigenvalue weighted by Gasteiger charge is -2.34. The second kappa shape index (κ2) is 6.72. The van der Waals surface area contributed by atoms with Crippen molar-refractivity contribution in [3.05, 3.63) is 18.0 Å². The summed E-state index contributed by atoms with van der Waals surface area (Å²) < 4.78 is 1.89. The average Bonchev–Trinajstić information content (AvgIpc) is 2.80. The van der Waals surface area contributed by atoms with E-state index in [1.807, 2.05) is 17.9 Å². The predicted molar refractivity (Wildman–Crippen MR) is 83.6 cm³/mol. The zero-order valence-electron chi connectivity index (χ0n) is 13.6. The van der Waals surface area contributed by atoms with Crippen LogP contribution >= 0.6 is 0 Å². The molecule has 2 rings (SSSR count). The SMILES string of the molecule is C[C@@H]1CC[C@H](NC[C@H](c2cnn(C)c2)N(C)C)C[C@H]1C. The third kappa shape index (κ3) is 3.83. The molecule has 0 saturated heterocycles. The molecular formula is C16H30N4. The van der Waals surface area contributed by atoms with Gasteiger partial charge in [-0.05, 0) is 45.2 Å². The molecule has 4 atom stereocenters. The normalized spacial score (nSPS) is 28.8. The van der Waals surface area contributed by atoms with Crippen LogP contribution in [0.25, 0.3) is 0 Å². The Morgan fingerprint density at radius 2 is 2.10 bits per heavy atom. The maximum atomic E-state index is 4.30. The van der Waals surface area contributed by atoms with Crippen LogP contribution in [0.1, 0.15) is 44.7 Å². The molecule has 4 heteroatoms. The second-order valence-electron chi connectivity index (χ2n) is 6.80. The number of nitrogens with zero attached hydrogens (tertiary/aromatic N) is 3. The summed E-state index contributed by atoms with van der Waals surface area (Å²) in [4.78, 5) is 2.28. The molecule has 1 aromatic rings. The van der Waals surface area contributed by atoms with Gasteiger partial charge in [0.25, 0.3) is 0 Å². The lowest BCUT2D eigenvalue weighted by Crippen LogP contribution is -2.40. The number of likely N-dealkylation sites (N-methyl/N-ethyl adjacent to an activating group) is 1. The highest BCUT2D eigenvalue weighted by atomic mass is 15.2. The molecule has 1 aromatic heterocycles. The second-order valence-corrected chi connectivity index (χ2v) is 6.80. The summed E-state index contributed by atoms with van der Waals surface area (Å²) in [5, 5.41) is 8.08. The van der Waals surface area contributed by atoms with Crippen molar-refractivity contribution in [1.82, 2.24) is 20.0 Å². The zero-order chi connectivity index (χ0) is 14.7. The van der Waals surface area contributed by atoms with Crippen LogP contribution < -0.4 is 5.32 Å². The van der Waals surface area contributed by atoms with Crippen molar-refractivity contribution < 1.29 is 0 Å². The van der Waals surface area contributed by atoms with Crippen LogP contribution in [-0.2, 0) is 7.05 Å². The van der Waals surface area contributed by atoms with Crippen LogP contribution in [0, 0.1) is 11.8 Å². The summed E-state index contributed by atoms with van der Waals surface area (Å²) in [5.41, 5.74) is 1.29. The van der Waals surface area contributed by atoms with Gasteiger partial charge in [-0.1, -0.05) is 13.8 Å². The van der Waals surface area contributed by atoms with Crippen LogP contribution in [0.3, 0.4) is 0 Å². The monoisotopic (exact) mass is 278 g/mol. The Balaban J connectivity index is 1.90. The first-order valence-corrected chi connectivity index (χ1v) is 7.85. The van der Waals surface area contributed by atoms with E-state index in [0.29, 0.717) is 12.1 Å². The van der Waals surface area contributed by atoms with Gasteiger partial charge in [0.2, 0.25) is 0 Å². The summed E-state index contributed by atoms with van der Waals surface area (Å²) in [6.45, 7) is 5.78. The van der Waals surface area contributed by atoms with E-state index in [9.17, 15) is 0 Å². The van der Waals surface area contributed by atoms with Gasteiger partial charge in [-0.3, -0.25) is 4.68 Å². The number of nitrogens with one attached hydrogen (secondary N) is 1. The first-order chi connectivity index (χ1) is 9.47. The highest BCUT2D eigenvalue weighted by molar-refractivity contribution is 5.11. The highest BCUT2D eigenvalue weighted by Crippen LogP contribution is 2.29. The average molecular weight is 278 g/mol. The summed E-state index contributed by atoms with van der Waals surface area (Å²) in [6.07, 6.45) is 8.10. The molecule has 0 spiro atoms. The van der Waals surface area contributed by atoms with Gasteiger partial charge in [-0.25, -0.2) is 0 Å². The Labute approximate surface area is 123 Å². The predicted octanol–water partition coefficient (Wildman–Crippen LogP) is 2.44. The van der Waals surface area contributed by atoms with E-state index >= 15 is 0 Å². The molecule has 1 saturated carbocycles. The van der Waals surface area contributed by atoms with Gasteiger partial charge < -0.3 is 10.2 Å². The molecule has 20 heavy (non-hydrogen) atoms. The van der Waals surface area contributed by atoms with E-state index < -0.39 is 0 Å². The first-order valence-electron chi connectivity index (χ1n) is 7.85. The van der Waals surface area contributed by atoms with Crippen molar-refractivity contribution >= 4 is 0 Å². The fraction of sp³-hybridized carbons (Fsp3) is 0.812. The molecule has 0 aromatic carbocycles. The van der Waals surface area contributed by atoms with Gasteiger partial charge in [0.05, 0.1) is 6.20 Å². The molecular weight excluding hydrogens is 248 g/mol. The standard InChI is InChI=1S/C16H30N4/c1-12-6-7-15(8-13(12)2)17-10-16(19(3)4)14-9-18-20(5)11-14/h9,11-13,15-17H,6-8,10H2,1-5H3/t12-,13-,15+,16-/m1/s1. The number of hydrogen-bond donors (Lipinski definition) is 1. The lowest BCUT2D eigenvalue weighted by molar-refractivity contribution is 0.208. The Morgan fingerprint density at radius 3 is 2.65 bits per heavy atom. The maximum Gasteiger partial charge on any atom is 0.0538 e. The Hall–Kier alpha value is -0.870. The molecule has 0 radical (unpaired) electrons. The zero-order valence-corrected chi connectivity index (χ0v) is 13.6. The van der Waals surface area contributed by atoms with Crippen molar-refractivity contribution in [2.24, 2.45) is 18.9 Å². The van der Waals surface area contributed by atoms with Gasteiger partial charge in [0.15, 0.2) is 0 Å². The Kier molecular flexibility index (Phi) is 5.22. The number of aryl methyl sites for hydroxylation is 1.